The van der Waals surface area contributed by atoms with E-state index in [1.54, 1.807) is 6.20 Å². The van der Waals surface area contributed by atoms with Gasteiger partial charge in [0.25, 0.3) is 0 Å². The summed E-state index contributed by atoms with van der Waals surface area (Å²) in [6.45, 7) is 1.47. The van der Waals surface area contributed by atoms with Crippen LogP contribution in [-0.4, -0.2) is 15.2 Å². The number of H-pyrrole nitrogens is 2. The summed E-state index contributed by atoms with van der Waals surface area (Å²) < 4.78 is 0. The fourth-order valence-electron chi connectivity index (χ4n) is 1.99. The van der Waals surface area contributed by atoms with Gasteiger partial charge in [0.05, 0.1) is 11.2 Å². The van der Waals surface area contributed by atoms with Gasteiger partial charge in [-0.15, -0.1) is 0 Å². The van der Waals surface area contributed by atoms with Crippen LogP contribution in [-0.2, 0) is 13.1 Å². The third-order valence-corrected chi connectivity index (χ3v) is 3.33. The standard InChI is InChI=1S/C13H13ClN4/c14-13-10-3-1-2-4-11(10)18-12(13)8-15-5-9-6-16-17-7-9/h1-4,6-7,15,18H,5,8H2,(H,16,17). The lowest BCUT2D eigenvalue weighted by Crippen LogP contribution is -2.12. The summed E-state index contributed by atoms with van der Waals surface area (Å²) >= 11 is 6.33. The molecule has 0 fully saturated rings. The highest BCUT2D eigenvalue weighted by atomic mass is 35.5. The first kappa shape index (κ1) is 11.3. The zero-order valence-corrected chi connectivity index (χ0v) is 10.5. The Kier molecular flexibility index (Phi) is 3.04. The highest BCUT2D eigenvalue weighted by Crippen LogP contribution is 2.26. The van der Waals surface area contributed by atoms with Crippen LogP contribution in [0.3, 0.4) is 0 Å². The van der Waals surface area contributed by atoms with Crippen LogP contribution in [0.2, 0.25) is 5.02 Å². The zero-order chi connectivity index (χ0) is 12.4. The number of rotatable bonds is 4. The van der Waals surface area contributed by atoms with Gasteiger partial charge in [0.2, 0.25) is 0 Å². The highest BCUT2D eigenvalue weighted by molar-refractivity contribution is 6.36. The first-order chi connectivity index (χ1) is 8.84. The number of nitrogens with one attached hydrogen (secondary N) is 3. The van der Waals surface area contributed by atoms with Crippen LogP contribution in [0, 0.1) is 0 Å². The SMILES string of the molecule is Clc1c(CNCc2cn[nH]c2)[nH]c2ccccc12. The largest absolute Gasteiger partial charge is 0.356 e. The van der Waals surface area contributed by atoms with Crippen molar-refractivity contribution in [3.05, 3.63) is 52.9 Å². The van der Waals surface area contributed by atoms with Crippen molar-refractivity contribution < 1.29 is 0 Å². The van der Waals surface area contributed by atoms with Crippen molar-refractivity contribution in [2.45, 2.75) is 13.1 Å². The van der Waals surface area contributed by atoms with Gasteiger partial charge in [0.1, 0.15) is 0 Å². The van der Waals surface area contributed by atoms with E-state index < -0.39 is 0 Å². The Hall–Kier alpha value is -1.78. The molecule has 0 bridgehead atoms. The molecule has 4 nitrogen and oxygen atoms in total. The first-order valence-electron chi connectivity index (χ1n) is 5.78. The topological polar surface area (TPSA) is 56.5 Å². The quantitative estimate of drug-likeness (QED) is 0.676. The van der Waals surface area contributed by atoms with E-state index in [1.807, 2.05) is 30.5 Å². The summed E-state index contributed by atoms with van der Waals surface area (Å²) in [6, 6.07) is 8.04. The van der Waals surface area contributed by atoms with E-state index in [9.17, 15) is 0 Å². The van der Waals surface area contributed by atoms with E-state index in [4.69, 9.17) is 11.6 Å². The minimum atomic E-state index is 0.707. The second kappa shape index (κ2) is 4.84. The van der Waals surface area contributed by atoms with E-state index in [1.165, 1.54) is 0 Å². The molecular weight excluding hydrogens is 248 g/mol. The van der Waals surface area contributed by atoms with Crippen molar-refractivity contribution in [3.63, 3.8) is 0 Å². The van der Waals surface area contributed by atoms with Crippen molar-refractivity contribution in [3.8, 4) is 0 Å². The number of halogens is 1. The molecule has 1 aromatic carbocycles. The number of benzene rings is 1. The van der Waals surface area contributed by atoms with Crippen LogP contribution in [0.1, 0.15) is 11.3 Å². The molecule has 92 valence electrons. The molecule has 0 aliphatic rings. The highest BCUT2D eigenvalue weighted by Gasteiger charge is 2.08. The van der Waals surface area contributed by atoms with Gasteiger partial charge in [0.15, 0.2) is 0 Å². The van der Waals surface area contributed by atoms with Crippen molar-refractivity contribution in [2.24, 2.45) is 0 Å². The average Bonchev–Trinajstić information content (AvgIpc) is 3.00. The van der Waals surface area contributed by atoms with Crippen molar-refractivity contribution in [1.82, 2.24) is 20.5 Å². The Labute approximate surface area is 109 Å². The Balaban J connectivity index is 1.73. The third-order valence-electron chi connectivity index (χ3n) is 2.90. The van der Waals surface area contributed by atoms with Crippen molar-refractivity contribution in [2.75, 3.05) is 0 Å². The lowest BCUT2D eigenvalue weighted by atomic mass is 10.2. The molecule has 0 aliphatic heterocycles. The fraction of sp³-hybridized carbons (Fsp3) is 0.154. The molecule has 0 saturated carbocycles. The Morgan fingerprint density at radius 3 is 2.89 bits per heavy atom. The van der Waals surface area contributed by atoms with Crippen LogP contribution < -0.4 is 5.32 Å². The molecular formula is C13H13ClN4. The maximum absolute atomic E-state index is 6.33. The second-order valence-corrected chi connectivity index (χ2v) is 4.55. The van der Waals surface area contributed by atoms with Crippen LogP contribution in [0.4, 0.5) is 0 Å². The van der Waals surface area contributed by atoms with E-state index in [2.05, 4.69) is 20.5 Å². The molecule has 3 aromatic rings. The Bertz CT molecular complexity index is 642. The van der Waals surface area contributed by atoms with Crippen LogP contribution in [0.15, 0.2) is 36.7 Å². The van der Waals surface area contributed by atoms with Gasteiger partial charge in [-0.1, -0.05) is 29.8 Å². The normalized spacial score (nSPS) is 11.2. The number of aromatic nitrogens is 3. The maximum atomic E-state index is 6.33. The van der Waals surface area contributed by atoms with Crippen LogP contribution in [0.25, 0.3) is 10.9 Å². The van der Waals surface area contributed by atoms with Gasteiger partial charge in [0, 0.05) is 41.4 Å². The lowest BCUT2D eigenvalue weighted by Gasteiger charge is -2.01. The average molecular weight is 261 g/mol. The number of nitrogens with zero attached hydrogens (tertiary/aromatic N) is 1. The summed E-state index contributed by atoms with van der Waals surface area (Å²) in [7, 11) is 0. The molecule has 0 aliphatic carbocycles. The van der Waals surface area contributed by atoms with Crippen molar-refractivity contribution in [1.29, 1.82) is 0 Å². The summed E-state index contributed by atoms with van der Waals surface area (Å²) in [4.78, 5) is 3.33. The molecule has 0 unspecified atom stereocenters. The maximum Gasteiger partial charge on any atom is 0.0705 e. The van der Waals surface area contributed by atoms with Gasteiger partial charge in [-0.05, 0) is 6.07 Å². The minimum absolute atomic E-state index is 0.707. The van der Waals surface area contributed by atoms with E-state index in [0.717, 1.165) is 33.7 Å². The summed E-state index contributed by atoms with van der Waals surface area (Å²) in [5.41, 5.74) is 3.21. The molecule has 0 spiro atoms. The summed E-state index contributed by atoms with van der Waals surface area (Å²) in [5, 5.41) is 11.9. The van der Waals surface area contributed by atoms with Gasteiger partial charge in [-0.25, -0.2) is 0 Å². The first-order valence-corrected chi connectivity index (χ1v) is 6.16. The van der Waals surface area contributed by atoms with Crippen LogP contribution in [0.5, 0.6) is 0 Å². The van der Waals surface area contributed by atoms with Gasteiger partial charge < -0.3 is 10.3 Å². The Morgan fingerprint density at radius 1 is 1.22 bits per heavy atom. The van der Waals surface area contributed by atoms with E-state index in [-0.39, 0.29) is 0 Å². The number of fused-ring (bicyclic) bond motifs is 1. The van der Waals surface area contributed by atoms with Crippen LogP contribution >= 0.6 is 11.6 Å². The molecule has 0 amide bonds. The smallest absolute Gasteiger partial charge is 0.0705 e. The number of hydrogen-bond donors (Lipinski definition) is 3. The molecule has 18 heavy (non-hydrogen) atoms. The summed E-state index contributed by atoms with van der Waals surface area (Å²) in [5.74, 6) is 0. The monoisotopic (exact) mass is 260 g/mol. The predicted octanol–water partition coefficient (Wildman–Crippen LogP) is 2.83. The Morgan fingerprint density at radius 2 is 2.11 bits per heavy atom. The molecule has 0 radical (unpaired) electrons. The molecule has 5 heteroatoms. The number of hydrogen-bond acceptors (Lipinski definition) is 2. The molecule has 2 aromatic heterocycles. The van der Waals surface area contributed by atoms with Gasteiger partial charge in [-0.3, -0.25) is 5.10 Å². The zero-order valence-electron chi connectivity index (χ0n) is 9.70. The molecule has 2 heterocycles. The lowest BCUT2D eigenvalue weighted by molar-refractivity contribution is 0.684. The number of aromatic amines is 2. The van der Waals surface area contributed by atoms with E-state index in [0.29, 0.717) is 6.54 Å². The van der Waals surface area contributed by atoms with E-state index >= 15 is 0 Å². The summed E-state index contributed by atoms with van der Waals surface area (Å²) in [6.07, 6.45) is 3.68. The van der Waals surface area contributed by atoms with Gasteiger partial charge >= 0.3 is 0 Å². The molecule has 0 atom stereocenters. The molecule has 3 N–H and O–H groups in total. The predicted molar refractivity (Wildman–Crippen MR) is 72.4 cm³/mol. The second-order valence-electron chi connectivity index (χ2n) is 4.17. The number of para-hydroxylation sites is 1. The fourth-order valence-corrected chi connectivity index (χ4v) is 2.27. The molecule has 0 saturated heterocycles. The van der Waals surface area contributed by atoms with Gasteiger partial charge in [-0.2, -0.15) is 5.10 Å². The van der Waals surface area contributed by atoms with Crippen molar-refractivity contribution >= 4 is 22.5 Å². The minimum Gasteiger partial charge on any atom is -0.356 e. The molecule has 3 rings (SSSR count). The third kappa shape index (κ3) is 2.12.